The lowest BCUT2D eigenvalue weighted by atomic mass is 9.59. The number of pyridine rings is 1. The van der Waals surface area contributed by atoms with Gasteiger partial charge < -0.3 is 4.40 Å². The molecule has 0 N–H and O–H groups in total. The number of rotatable bonds is 0. The predicted octanol–water partition coefficient (Wildman–Crippen LogP) is 5.60. The Kier molecular flexibility index (Phi) is 3.12. The maximum absolute atomic E-state index is 13.0. The van der Waals surface area contributed by atoms with Crippen molar-refractivity contribution in [2.75, 3.05) is 0 Å². The summed E-state index contributed by atoms with van der Waals surface area (Å²) in [4.78, 5) is 17.5. The first-order valence-electron chi connectivity index (χ1n) is 9.96. The molecule has 2 aromatic heterocycles. The second-order valence-electron chi connectivity index (χ2n) is 9.80. The third kappa shape index (κ3) is 1.85. The van der Waals surface area contributed by atoms with Gasteiger partial charge in [0, 0.05) is 11.6 Å². The number of hydrogen-bond donors (Lipinski definition) is 0. The normalized spacial score (nSPS) is 19.4. The van der Waals surface area contributed by atoms with E-state index in [2.05, 4.69) is 75.2 Å². The molecule has 28 heavy (non-hydrogen) atoms. The van der Waals surface area contributed by atoms with Gasteiger partial charge in [-0.1, -0.05) is 65.8 Å². The first-order chi connectivity index (χ1) is 13.1. The van der Waals surface area contributed by atoms with Crippen molar-refractivity contribution in [3.05, 3.63) is 70.1 Å². The van der Waals surface area contributed by atoms with Gasteiger partial charge in [-0.3, -0.25) is 4.79 Å². The average molecular weight is 370 g/mol. The minimum atomic E-state index is -0.146. The maximum atomic E-state index is 13.0. The average Bonchev–Trinajstić information content (AvgIpc) is 2.76. The molecule has 0 atom stereocenters. The number of nitrogens with zero attached hydrogens (tertiary/aromatic N) is 2. The van der Waals surface area contributed by atoms with Gasteiger partial charge in [-0.05, 0) is 51.0 Å². The zero-order valence-electron chi connectivity index (χ0n) is 17.4. The van der Waals surface area contributed by atoms with Crippen LogP contribution in [0, 0.1) is 5.41 Å². The first-order valence-corrected chi connectivity index (χ1v) is 9.96. The minimum Gasteiger partial charge on any atom is -0.300 e. The van der Waals surface area contributed by atoms with E-state index in [1.165, 1.54) is 11.1 Å². The van der Waals surface area contributed by atoms with Crippen LogP contribution in [-0.4, -0.2) is 9.38 Å². The van der Waals surface area contributed by atoms with Crippen molar-refractivity contribution in [2.24, 2.45) is 5.41 Å². The summed E-state index contributed by atoms with van der Waals surface area (Å²) in [6.07, 6.45) is 2.04. The van der Waals surface area contributed by atoms with Crippen molar-refractivity contribution in [1.29, 1.82) is 0 Å². The quantitative estimate of drug-likeness (QED) is 0.378. The summed E-state index contributed by atoms with van der Waals surface area (Å²) in [6.45, 7) is 13.9. The van der Waals surface area contributed by atoms with Crippen molar-refractivity contribution >= 4 is 27.3 Å². The summed E-state index contributed by atoms with van der Waals surface area (Å²) in [7, 11) is 0. The Bertz CT molecular complexity index is 1360. The van der Waals surface area contributed by atoms with Crippen LogP contribution in [0.2, 0.25) is 0 Å². The standard InChI is InChI=1S/C25H26N2O/c1-23(2)18-13-17-20(14-19(18)24(3,4)25(23,5)6)27-12-11-15-9-7-8-10-16(15)21(27)26-22(17)28/h7-14H,1-6H3. The second kappa shape index (κ2) is 5.02. The van der Waals surface area contributed by atoms with Crippen molar-refractivity contribution in [3.63, 3.8) is 0 Å². The Balaban J connectivity index is 1.99. The van der Waals surface area contributed by atoms with Crippen LogP contribution in [0.15, 0.2) is 53.5 Å². The molecule has 3 heteroatoms. The van der Waals surface area contributed by atoms with Gasteiger partial charge in [0.2, 0.25) is 0 Å². The molecule has 4 aromatic rings. The van der Waals surface area contributed by atoms with Crippen molar-refractivity contribution in [2.45, 2.75) is 52.4 Å². The van der Waals surface area contributed by atoms with Crippen LogP contribution in [0.25, 0.3) is 27.3 Å². The molecule has 0 radical (unpaired) electrons. The van der Waals surface area contributed by atoms with E-state index in [1.807, 2.05) is 24.4 Å². The van der Waals surface area contributed by atoms with Crippen LogP contribution in [0.5, 0.6) is 0 Å². The Morgan fingerprint density at radius 3 is 2.18 bits per heavy atom. The lowest BCUT2D eigenvalue weighted by molar-refractivity contribution is 0.125. The highest BCUT2D eigenvalue weighted by molar-refractivity contribution is 5.96. The summed E-state index contributed by atoms with van der Waals surface area (Å²) < 4.78 is 2.08. The van der Waals surface area contributed by atoms with Crippen molar-refractivity contribution < 1.29 is 0 Å². The SMILES string of the molecule is CC1(C)c2cc3c(=O)nc4c5ccccc5ccn4c3cc2C(C)(C)C1(C)C. The molecule has 0 spiro atoms. The molecular weight excluding hydrogens is 344 g/mol. The van der Waals surface area contributed by atoms with E-state index in [-0.39, 0.29) is 21.8 Å². The van der Waals surface area contributed by atoms with E-state index in [4.69, 9.17) is 0 Å². The summed E-state index contributed by atoms with van der Waals surface area (Å²) in [5.41, 5.74) is 4.16. The van der Waals surface area contributed by atoms with Crippen LogP contribution in [-0.2, 0) is 10.8 Å². The Morgan fingerprint density at radius 1 is 0.821 bits per heavy atom. The molecule has 0 unspecified atom stereocenters. The number of aromatic nitrogens is 2. The van der Waals surface area contributed by atoms with Crippen LogP contribution >= 0.6 is 0 Å². The molecular formula is C25H26N2O. The van der Waals surface area contributed by atoms with E-state index in [0.29, 0.717) is 5.39 Å². The fourth-order valence-corrected chi connectivity index (χ4v) is 5.11. The molecule has 1 aliphatic rings. The Hall–Kier alpha value is -2.68. The molecule has 0 amide bonds. The number of hydrogen-bond acceptors (Lipinski definition) is 2. The van der Waals surface area contributed by atoms with Crippen LogP contribution in [0.1, 0.15) is 52.7 Å². The monoisotopic (exact) mass is 370 g/mol. The lowest BCUT2D eigenvalue weighted by Gasteiger charge is -2.44. The molecule has 0 aliphatic heterocycles. The van der Waals surface area contributed by atoms with E-state index < -0.39 is 0 Å². The molecule has 0 fully saturated rings. The first kappa shape index (κ1) is 17.4. The van der Waals surface area contributed by atoms with Gasteiger partial charge in [-0.2, -0.15) is 4.98 Å². The molecule has 0 saturated carbocycles. The molecule has 142 valence electrons. The Morgan fingerprint density at radius 2 is 1.46 bits per heavy atom. The largest absolute Gasteiger partial charge is 0.300 e. The van der Waals surface area contributed by atoms with Crippen LogP contribution < -0.4 is 5.56 Å². The second-order valence-corrected chi connectivity index (χ2v) is 9.80. The number of benzene rings is 2. The smallest absolute Gasteiger partial charge is 0.281 e. The van der Waals surface area contributed by atoms with E-state index in [9.17, 15) is 4.79 Å². The Labute approximate surface area is 165 Å². The fraction of sp³-hybridized carbons (Fsp3) is 0.360. The van der Waals surface area contributed by atoms with Gasteiger partial charge in [-0.15, -0.1) is 0 Å². The molecule has 3 nitrogen and oxygen atoms in total. The molecule has 5 rings (SSSR count). The topological polar surface area (TPSA) is 34.4 Å². The highest BCUT2D eigenvalue weighted by Gasteiger charge is 2.56. The van der Waals surface area contributed by atoms with Crippen molar-refractivity contribution in [1.82, 2.24) is 9.38 Å². The summed E-state index contributed by atoms with van der Waals surface area (Å²) in [6, 6.07) is 14.5. The summed E-state index contributed by atoms with van der Waals surface area (Å²) >= 11 is 0. The lowest BCUT2D eigenvalue weighted by Crippen LogP contribution is -2.42. The summed E-state index contributed by atoms with van der Waals surface area (Å²) in [5.74, 6) is 0. The van der Waals surface area contributed by atoms with Gasteiger partial charge in [-0.25, -0.2) is 0 Å². The predicted molar refractivity (Wildman–Crippen MR) is 116 cm³/mol. The van der Waals surface area contributed by atoms with E-state index >= 15 is 0 Å². The third-order valence-electron chi connectivity index (χ3n) is 8.14. The van der Waals surface area contributed by atoms with Gasteiger partial charge in [0.1, 0.15) is 5.65 Å². The zero-order chi connectivity index (χ0) is 20.1. The van der Waals surface area contributed by atoms with Crippen LogP contribution in [0.4, 0.5) is 0 Å². The maximum Gasteiger partial charge on any atom is 0.281 e. The molecule has 0 saturated heterocycles. The molecule has 0 bridgehead atoms. The number of fused-ring (bicyclic) bond motifs is 6. The zero-order valence-corrected chi connectivity index (χ0v) is 17.4. The van der Waals surface area contributed by atoms with Gasteiger partial charge in [0.05, 0.1) is 10.9 Å². The molecule has 2 aromatic carbocycles. The minimum absolute atomic E-state index is 0.00390. The highest BCUT2D eigenvalue weighted by Crippen LogP contribution is 2.61. The van der Waals surface area contributed by atoms with Gasteiger partial charge in [0.25, 0.3) is 5.56 Å². The molecule has 2 heterocycles. The summed E-state index contributed by atoms with van der Waals surface area (Å²) in [5, 5.41) is 2.80. The van der Waals surface area contributed by atoms with E-state index in [0.717, 1.165) is 21.9 Å². The van der Waals surface area contributed by atoms with Crippen LogP contribution in [0.3, 0.4) is 0 Å². The third-order valence-corrected chi connectivity index (χ3v) is 8.14. The molecule has 1 aliphatic carbocycles. The van der Waals surface area contributed by atoms with Crippen molar-refractivity contribution in [3.8, 4) is 0 Å². The fourth-order valence-electron chi connectivity index (χ4n) is 5.11. The van der Waals surface area contributed by atoms with Gasteiger partial charge >= 0.3 is 0 Å². The van der Waals surface area contributed by atoms with E-state index in [1.54, 1.807) is 0 Å². The van der Waals surface area contributed by atoms with Gasteiger partial charge in [0.15, 0.2) is 0 Å². The highest BCUT2D eigenvalue weighted by atomic mass is 16.1.